The molecule has 2 fully saturated rings. The third kappa shape index (κ3) is 10.8. The van der Waals surface area contributed by atoms with Crippen LogP contribution in [0.5, 0.6) is 5.75 Å². The van der Waals surface area contributed by atoms with E-state index in [9.17, 15) is 10.2 Å². The maximum atomic E-state index is 12.0. The number of ether oxygens (including phenoxy) is 1. The van der Waals surface area contributed by atoms with Crippen LogP contribution < -0.4 is 4.74 Å². The Morgan fingerprint density at radius 3 is 1.77 bits per heavy atom. The van der Waals surface area contributed by atoms with E-state index in [4.69, 9.17) is 4.74 Å². The topological polar surface area (TPSA) is 56.2 Å². The summed E-state index contributed by atoms with van der Waals surface area (Å²) >= 11 is 0. The van der Waals surface area contributed by atoms with E-state index in [0.717, 1.165) is 93.3 Å². The number of benzene rings is 4. The van der Waals surface area contributed by atoms with Gasteiger partial charge in [-0.3, -0.25) is 0 Å². The Morgan fingerprint density at radius 2 is 1.19 bits per heavy atom. The first kappa shape index (κ1) is 40.2. The van der Waals surface area contributed by atoms with Crippen molar-refractivity contribution in [1.82, 2.24) is 9.80 Å². The summed E-state index contributed by atoms with van der Waals surface area (Å²) in [6.45, 7) is 1.79. The molecule has 0 radical (unpaired) electrons. The number of nitrogens with zero attached hydrogens (tertiary/aromatic N) is 2. The Kier molecular flexibility index (Phi) is 14.7. The quantitative estimate of drug-likeness (QED) is 0.153. The summed E-state index contributed by atoms with van der Waals surface area (Å²) in [6, 6.07) is 39.3. The van der Waals surface area contributed by atoms with Crippen molar-refractivity contribution in [3.05, 3.63) is 149 Å². The lowest BCUT2D eigenvalue weighted by Gasteiger charge is -2.44. The van der Waals surface area contributed by atoms with Gasteiger partial charge in [0.25, 0.3) is 0 Å². The second kappa shape index (κ2) is 19.4. The number of methoxy groups -OCH3 is 1. The van der Waals surface area contributed by atoms with Crippen molar-refractivity contribution < 1.29 is 14.9 Å². The van der Waals surface area contributed by atoms with Crippen LogP contribution in [0.1, 0.15) is 73.6 Å². The van der Waals surface area contributed by atoms with Crippen LogP contribution in [0.25, 0.3) is 12.2 Å². The van der Waals surface area contributed by atoms with E-state index in [1.54, 1.807) is 7.11 Å². The summed E-state index contributed by atoms with van der Waals surface area (Å²) in [6.07, 6.45) is 13.6. The molecule has 0 spiro atoms. The summed E-state index contributed by atoms with van der Waals surface area (Å²) in [5, 5.41) is 23.9. The molecule has 2 N–H and O–H groups in total. The number of aliphatic hydroxyl groups is 2. The molecule has 0 saturated heterocycles. The van der Waals surface area contributed by atoms with Crippen molar-refractivity contribution in [2.24, 2.45) is 11.8 Å². The molecule has 0 bridgehead atoms. The van der Waals surface area contributed by atoms with Gasteiger partial charge >= 0.3 is 0 Å². The fourth-order valence-corrected chi connectivity index (χ4v) is 8.54. The van der Waals surface area contributed by atoms with Crippen LogP contribution in [-0.2, 0) is 12.0 Å². The molecule has 4 atom stereocenters. The Hall–Kier alpha value is -4.00. The standard InChI is InChI=1S/C25H33NO.C23H29NO2/c1-26(2)20-24-17-9-16-23(19-22-13-7-4-8-14-22)25(24,27)18-10-15-21-11-5-3-6-12-21;1-24(2)17-21-13-7-11-19(15-18-9-5-4-6-10-18)23(21,25)20-12-8-14-22(16-20)26-3/h3-8,11-14,19,24,27H,9-10,15-18,20H2,1-2H3;4-6,8-10,12,14-16,21,25H,7,11,13,17H2,1-3H3. The molecule has 0 aliphatic heterocycles. The minimum Gasteiger partial charge on any atom is -0.497 e. The Labute approximate surface area is 319 Å². The van der Waals surface area contributed by atoms with Gasteiger partial charge in [-0.2, -0.15) is 0 Å². The lowest BCUT2D eigenvalue weighted by atomic mass is 9.67. The van der Waals surface area contributed by atoms with Gasteiger partial charge in [-0.1, -0.05) is 115 Å². The smallest absolute Gasteiger partial charge is 0.119 e. The predicted octanol–water partition coefficient (Wildman–Crippen LogP) is 9.51. The van der Waals surface area contributed by atoms with Gasteiger partial charge in [0.15, 0.2) is 0 Å². The molecule has 5 nitrogen and oxygen atoms in total. The zero-order valence-electron chi connectivity index (χ0n) is 32.8. The third-order valence-electron chi connectivity index (χ3n) is 11.1. The fraction of sp³-hybridized carbons (Fsp3) is 0.417. The molecule has 4 aromatic rings. The van der Waals surface area contributed by atoms with Gasteiger partial charge in [-0.25, -0.2) is 0 Å². The Morgan fingerprint density at radius 1 is 0.660 bits per heavy atom. The number of rotatable bonds is 12. The van der Waals surface area contributed by atoms with E-state index in [1.165, 1.54) is 16.7 Å². The lowest BCUT2D eigenvalue weighted by molar-refractivity contribution is -0.0208. The highest BCUT2D eigenvalue weighted by Gasteiger charge is 2.44. The average Bonchev–Trinajstić information content (AvgIpc) is 3.16. The van der Waals surface area contributed by atoms with Gasteiger partial charge in [-0.05, 0) is 132 Å². The molecular weight excluding hydrogens is 653 g/mol. The number of hydrogen-bond acceptors (Lipinski definition) is 5. The zero-order chi connectivity index (χ0) is 37.7. The van der Waals surface area contributed by atoms with Gasteiger partial charge in [0.05, 0.1) is 12.7 Å². The molecule has 2 saturated carbocycles. The molecule has 0 heterocycles. The second-order valence-electron chi connectivity index (χ2n) is 15.6. The molecule has 53 heavy (non-hydrogen) atoms. The molecular formula is C48H62N2O3. The number of aryl methyl sites for hydroxylation is 1. The summed E-state index contributed by atoms with van der Waals surface area (Å²) in [5.74, 6) is 1.23. The summed E-state index contributed by atoms with van der Waals surface area (Å²) in [4.78, 5) is 4.39. The van der Waals surface area contributed by atoms with E-state index >= 15 is 0 Å². The molecule has 4 unspecified atom stereocenters. The predicted molar refractivity (Wildman–Crippen MR) is 222 cm³/mol. The van der Waals surface area contributed by atoms with Crippen LogP contribution in [0.15, 0.2) is 126 Å². The number of hydrogen-bond donors (Lipinski definition) is 2. The van der Waals surface area contributed by atoms with Crippen LogP contribution in [0.2, 0.25) is 0 Å². The van der Waals surface area contributed by atoms with Crippen molar-refractivity contribution in [1.29, 1.82) is 0 Å². The van der Waals surface area contributed by atoms with Crippen LogP contribution in [0.3, 0.4) is 0 Å². The van der Waals surface area contributed by atoms with E-state index < -0.39 is 11.2 Å². The summed E-state index contributed by atoms with van der Waals surface area (Å²) in [5.41, 5.74) is 5.24. The van der Waals surface area contributed by atoms with Crippen molar-refractivity contribution in [2.45, 2.75) is 69.0 Å². The van der Waals surface area contributed by atoms with Gasteiger partial charge in [0.2, 0.25) is 0 Å². The van der Waals surface area contributed by atoms with Gasteiger partial charge < -0.3 is 24.7 Å². The van der Waals surface area contributed by atoms with E-state index in [0.29, 0.717) is 5.92 Å². The van der Waals surface area contributed by atoms with Crippen molar-refractivity contribution in [2.75, 3.05) is 48.4 Å². The van der Waals surface area contributed by atoms with Crippen molar-refractivity contribution >= 4 is 12.2 Å². The Bertz CT molecular complexity index is 1740. The van der Waals surface area contributed by atoms with Crippen LogP contribution in [0.4, 0.5) is 0 Å². The molecule has 4 aromatic carbocycles. The lowest BCUT2D eigenvalue weighted by Crippen LogP contribution is -2.47. The monoisotopic (exact) mass is 714 g/mol. The second-order valence-corrected chi connectivity index (χ2v) is 15.6. The molecule has 2 aliphatic carbocycles. The highest BCUT2D eigenvalue weighted by molar-refractivity contribution is 5.58. The van der Waals surface area contributed by atoms with E-state index in [-0.39, 0.29) is 5.92 Å². The highest BCUT2D eigenvalue weighted by Crippen LogP contribution is 2.47. The zero-order valence-corrected chi connectivity index (χ0v) is 32.8. The Balaban J connectivity index is 0.000000204. The first-order valence-corrected chi connectivity index (χ1v) is 19.6. The molecule has 5 heteroatoms. The first-order chi connectivity index (χ1) is 25.6. The average molecular weight is 715 g/mol. The van der Waals surface area contributed by atoms with Crippen molar-refractivity contribution in [3.63, 3.8) is 0 Å². The van der Waals surface area contributed by atoms with E-state index in [2.05, 4.69) is 117 Å². The maximum absolute atomic E-state index is 12.0. The minimum absolute atomic E-state index is 0.147. The summed E-state index contributed by atoms with van der Waals surface area (Å²) < 4.78 is 5.42. The normalized spacial score (nSPS) is 24.6. The fourth-order valence-electron chi connectivity index (χ4n) is 8.54. The van der Waals surface area contributed by atoms with E-state index in [1.807, 2.05) is 48.5 Å². The van der Waals surface area contributed by atoms with Crippen LogP contribution in [0, 0.1) is 11.8 Å². The highest BCUT2D eigenvalue weighted by atomic mass is 16.5. The van der Waals surface area contributed by atoms with Crippen molar-refractivity contribution in [3.8, 4) is 5.75 Å². The molecule has 0 amide bonds. The SMILES string of the molecule is CN(C)CC1CCCC(=Cc2ccccc2)C1(O)CCCc1ccccc1.COc1cccc(C2(O)C(=Cc3ccccc3)CCCC2CN(C)C)c1. The third-order valence-corrected chi connectivity index (χ3v) is 11.1. The van der Waals surface area contributed by atoms with Crippen LogP contribution in [-0.4, -0.2) is 74.0 Å². The van der Waals surface area contributed by atoms with Gasteiger partial charge in [-0.15, -0.1) is 0 Å². The minimum atomic E-state index is -0.979. The summed E-state index contributed by atoms with van der Waals surface area (Å²) in [7, 11) is 10.0. The molecule has 6 rings (SSSR count). The first-order valence-electron chi connectivity index (χ1n) is 19.6. The largest absolute Gasteiger partial charge is 0.497 e. The van der Waals surface area contributed by atoms with Gasteiger partial charge in [0, 0.05) is 24.9 Å². The maximum Gasteiger partial charge on any atom is 0.119 e. The molecule has 0 aromatic heterocycles. The van der Waals surface area contributed by atoms with Gasteiger partial charge in [0.1, 0.15) is 11.4 Å². The van der Waals surface area contributed by atoms with Crippen LogP contribution >= 0.6 is 0 Å². The molecule has 2 aliphatic rings. The molecule has 282 valence electrons.